The molecule has 0 unspecified atom stereocenters. The van der Waals surface area contributed by atoms with Crippen LogP contribution in [0, 0.1) is 0 Å². The van der Waals surface area contributed by atoms with E-state index in [2.05, 4.69) is 205 Å². The van der Waals surface area contributed by atoms with E-state index in [1.807, 2.05) is 0 Å². The average Bonchev–Trinajstić information content (AvgIpc) is 3.19. The molecule has 0 atom stereocenters. The number of hydrogen-bond donors (Lipinski definition) is 0. The van der Waals surface area contributed by atoms with Gasteiger partial charge < -0.3 is 4.90 Å². The molecule has 1 nitrogen and oxygen atoms in total. The molecule has 0 N–H and O–H groups in total. The maximum atomic E-state index is 2.44. The molecule has 0 fully saturated rings. The van der Waals surface area contributed by atoms with Gasteiger partial charge in [-0.25, -0.2) is 0 Å². The Labute approximate surface area is 287 Å². The quantitative estimate of drug-likeness (QED) is 0.167. The molecule has 0 aliphatic rings. The van der Waals surface area contributed by atoms with Crippen LogP contribution in [0.15, 0.2) is 200 Å². The summed E-state index contributed by atoms with van der Waals surface area (Å²) in [5.74, 6) is 0. The lowest BCUT2D eigenvalue weighted by molar-refractivity contribution is 1.30. The predicted octanol–water partition coefficient (Wildman–Crippen LogP) is 13.6. The summed E-state index contributed by atoms with van der Waals surface area (Å²) in [6, 6.07) is 72.5. The first kappa shape index (κ1) is 28.8. The summed E-state index contributed by atoms with van der Waals surface area (Å²) >= 11 is 0. The Morgan fingerprint density at radius 1 is 0.265 bits per heavy atom. The van der Waals surface area contributed by atoms with Gasteiger partial charge in [-0.2, -0.15) is 0 Å². The zero-order valence-corrected chi connectivity index (χ0v) is 27.0. The van der Waals surface area contributed by atoms with E-state index in [0.717, 1.165) is 17.1 Å². The summed E-state index contributed by atoms with van der Waals surface area (Å²) in [7, 11) is 0. The van der Waals surface area contributed by atoms with Gasteiger partial charge in [0.2, 0.25) is 0 Å². The van der Waals surface area contributed by atoms with Crippen molar-refractivity contribution in [3.63, 3.8) is 0 Å². The summed E-state index contributed by atoms with van der Waals surface area (Å²) in [5, 5.41) is 7.48. The zero-order chi connectivity index (χ0) is 32.6. The highest BCUT2D eigenvalue weighted by molar-refractivity contribution is 6.21. The van der Waals surface area contributed by atoms with E-state index in [9.17, 15) is 0 Å². The number of rotatable bonds is 6. The Kier molecular flexibility index (Phi) is 7.22. The molecule has 9 aromatic carbocycles. The van der Waals surface area contributed by atoms with Crippen molar-refractivity contribution in [2.45, 2.75) is 0 Å². The average molecular weight is 624 g/mol. The van der Waals surface area contributed by atoms with Crippen LogP contribution in [0.4, 0.5) is 17.1 Å². The molecular formula is C48H33N. The van der Waals surface area contributed by atoms with Gasteiger partial charge in [-0.05, 0) is 90.6 Å². The normalized spacial score (nSPS) is 11.3. The van der Waals surface area contributed by atoms with E-state index < -0.39 is 0 Å². The largest absolute Gasteiger partial charge is 0.310 e. The van der Waals surface area contributed by atoms with Crippen LogP contribution in [-0.4, -0.2) is 0 Å². The fraction of sp³-hybridized carbons (Fsp3) is 0. The number of benzene rings is 9. The van der Waals surface area contributed by atoms with Crippen molar-refractivity contribution in [2.24, 2.45) is 0 Å². The SMILES string of the molecule is c1ccc(-c2ccc(N(c3ccc(-c4ccccc4)c(-c4ccccc4)c3)c3cc4c5ccccc5ccc4c4ccccc34)cc2)cc1. The lowest BCUT2D eigenvalue weighted by atomic mass is 9.92. The lowest BCUT2D eigenvalue weighted by Crippen LogP contribution is -2.11. The van der Waals surface area contributed by atoms with Gasteiger partial charge in [0.25, 0.3) is 0 Å². The Hall–Kier alpha value is -6.44. The zero-order valence-electron chi connectivity index (χ0n) is 27.0. The monoisotopic (exact) mass is 623 g/mol. The van der Waals surface area contributed by atoms with Gasteiger partial charge in [-0.3, -0.25) is 0 Å². The molecule has 0 heterocycles. The molecule has 230 valence electrons. The van der Waals surface area contributed by atoms with Crippen LogP contribution in [0.5, 0.6) is 0 Å². The molecule has 9 rings (SSSR count). The highest BCUT2D eigenvalue weighted by Crippen LogP contribution is 2.45. The van der Waals surface area contributed by atoms with E-state index in [0.29, 0.717) is 0 Å². The van der Waals surface area contributed by atoms with Crippen LogP contribution in [0.2, 0.25) is 0 Å². The van der Waals surface area contributed by atoms with Crippen molar-refractivity contribution < 1.29 is 0 Å². The van der Waals surface area contributed by atoms with Gasteiger partial charge in [0.15, 0.2) is 0 Å². The molecule has 9 aromatic rings. The molecule has 0 radical (unpaired) electrons. The molecule has 0 aliphatic heterocycles. The fourth-order valence-electron chi connectivity index (χ4n) is 7.28. The van der Waals surface area contributed by atoms with Gasteiger partial charge in [-0.1, -0.05) is 170 Å². The van der Waals surface area contributed by atoms with Crippen molar-refractivity contribution in [3.05, 3.63) is 200 Å². The van der Waals surface area contributed by atoms with E-state index >= 15 is 0 Å². The maximum Gasteiger partial charge on any atom is 0.0546 e. The van der Waals surface area contributed by atoms with Crippen molar-refractivity contribution in [1.82, 2.24) is 0 Å². The first-order chi connectivity index (χ1) is 24.3. The third kappa shape index (κ3) is 5.23. The number of hydrogen-bond acceptors (Lipinski definition) is 1. The van der Waals surface area contributed by atoms with E-state index in [1.165, 1.54) is 65.7 Å². The third-order valence-corrected chi connectivity index (χ3v) is 9.65. The Morgan fingerprint density at radius 2 is 0.776 bits per heavy atom. The summed E-state index contributed by atoms with van der Waals surface area (Å²) in [6.07, 6.45) is 0. The highest BCUT2D eigenvalue weighted by atomic mass is 15.1. The highest BCUT2D eigenvalue weighted by Gasteiger charge is 2.20. The third-order valence-electron chi connectivity index (χ3n) is 9.65. The van der Waals surface area contributed by atoms with E-state index in [4.69, 9.17) is 0 Å². The first-order valence-corrected chi connectivity index (χ1v) is 16.9. The summed E-state index contributed by atoms with van der Waals surface area (Å²) in [4.78, 5) is 2.44. The second kappa shape index (κ2) is 12.3. The molecule has 0 amide bonds. The molecule has 0 aromatic heterocycles. The van der Waals surface area contributed by atoms with Gasteiger partial charge >= 0.3 is 0 Å². The topological polar surface area (TPSA) is 3.24 Å². The molecule has 0 saturated heterocycles. The predicted molar refractivity (Wildman–Crippen MR) is 210 cm³/mol. The minimum atomic E-state index is 1.11. The number of fused-ring (bicyclic) bond motifs is 5. The summed E-state index contributed by atoms with van der Waals surface area (Å²) in [5.41, 5.74) is 10.6. The molecule has 0 aliphatic carbocycles. The minimum Gasteiger partial charge on any atom is -0.310 e. The number of anilines is 3. The van der Waals surface area contributed by atoms with Crippen molar-refractivity contribution in [3.8, 4) is 33.4 Å². The van der Waals surface area contributed by atoms with Gasteiger partial charge in [0.1, 0.15) is 0 Å². The maximum absolute atomic E-state index is 2.44. The molecule has 0 saturated carbocycles. The first-order valence-electron chi connectivity index (χ1n) is 16.9. The number of nitrogens with zero attached hydrogens (tertiary/aromatic N) is 1. The molecular weight excluding hydrogens is 591 g/mol. The Morgan fingerprint density at radius 3 is 1.47 bits per heavy atom. The van der Waals surface area contributed by atoms with Gasteiger partial charge in [-0.15, -0.1) is 0 Å². The minimum absolute atomic E-state index is 1.11. The molecule has 0 spiro atoms. The van der Waals surface area contributed by atoms with Gasteiger partial charge in [0, 0.05) is 16.8 Å². The van der Waals surface area contributed by atoms with E-state index in [-0.39, 0.29) is 0 Å². The van der Waals surface area contributed by atoms with Crippen molar-refractivity contribution >= 4 is 49.4 Å². The van der Waals surface area contributed by atoms with Crippen molar-refractivity contribution in [1.29, 1.82) is 0 Å². The second-order valence-electron chi connectivity index (χ2n) is 12.5. The summed E-state index contributed by atoms with van der Waals surface area (Å²) < 4.78 is 0. The van der Waals surface area contributed by atoms with E-state index in [1.54, 1.807) is 0 Å². The smallest absolute Gasteiger partial charge is 0.0546 e. The van der Waals surface area contributed by atoms with Crippen LogP contribution in [0.1, 0.15) is 0 Å². The Balaban J connectivity index is 1.33. The summed E-state index contributed by atoms with van der Waals surface area (Å²) in [6.45, 7) is 0. The molecule has 1 heteroatoms. The van der Waals surface area contributed by atoms with Gasteiger partial charge in [0.05, 0.1) is 5.69 Å². The van der Waals surface area contributed by atoms with Crippen LogP contribution < -0.4 is 4.90 Å². The Bertz CT molecular complexity index is 2570. The van der Waals surface area contributed by atoms with Crippen LogP contribution in [0.25, 0.3) is 65.7 Å². The second-order valence-corrected chi connectivity index (χ2v) is 12.5. The van der Waals surface area contributed by atoms with Crippen LogP contribution >= 0.6 is 0 Å². The standard InChI is InChI=1S/C48H33N/c1-4-14-34(15-5-1)35-24-27-39(28-25-35)49(40-29-31-42(36-16-6-2-7-17-36)46(32-40)37-18-8-3-9-19-37)48-33-47-41-21-11-10-20-38(41)26-30-44(47)43-22-12-13-23-45(43)48/h1-33H. The van der Waals surface area contributed by atoms with Crippen LogP contribution in [0.3, 0.4) is 0 Å². The lowest BCUT2D eigenvalue weighted by Gasteiger charge is -2.29. The molecule has 49 heavy (non-hydrogen) atoms. The van der Waals surface area contributed by atoms with Crippen molar-refractivity contribution in [2.75, 3.05) is 4.90 Å². The fourth-order valence-corrected chi connectivity index (χ4v) is 7.28. The van der Waals surface area contributed by atoms with Crippen LogP contribution in [-0.2, 0) is 0 Å². The molecule has 0 bridgehead atoms.